The molecule has 0 bridgehead atoms. The third-order valence-corrected chi connectivity index (χ3v) is 4.42. The van der Waals surface area contributed by atoms with E-state index in [-0.39, 0.29) is 11.1 Å². The average molecular weight is 405 g/mol. The van der Waals surface area contributed by atoms with Gasteiger partial charge in [0, 0.05) is 26.7 Å². The SMILES string of the molecule is COc1ccccc1-c1ccc(-c2cc(Br)ccc2OC)c(F)c1F. The second kappa shape index (κ2) is 7.23. The van der Waals surface area contributed by atoms with Crippen LogP contribution in [0.25, 0.3) is 22.3 Å². The summed E-state index contributed by atoms with van der Waals surface area (Å²) >= 11 is 3.35. The van der Waals surface area contributed by atoms with Gasteiger partial charge in [-0.2, -0.15) is 0 Å². The molecule has 0 aliphatic heterocycles. The van der Waals surface area contributed by atoms with Crippen molar-refractivity contribution in [2.75, 3.05) is 14.2 Å². The number of benzene rings is 3. The summed E-state index contributed by atoms with van der Waals surface area (Å²) in [4.78, 5) is 0. The average Bonchev–Trinajstić information content (AvgIpc) is 2.64. The fourth-order valence-electron chi connectivity index (χ4n) is 2.72. The fourth-order valence-corrected chi connectivity index (χ4v) is 3.08. The minimum atomic E-state index is -0.931. The van der Waals surface area contributed by atoms with Crippen LogP contribution in [0, 0.1) is 11.6 Å². The number of methoxy groups -OCH3 is 2. The zero-order valence-corrected chi connectivity index (χ0v) is 15.2. The van der Waals surface area contributed by atoms with Crippen LogP contribution < -0.4 is 9.47 Å². The van der Waals surface area contributed by atoms with Crippen molar-refractivity contribution >= 4 is 15.9 Å². The van der Waals surface area contributed by atoms with Crippen molar-refractivity contribution in [1.29, 1.82) is 0 Å². The highest BCUT2D eigenvalue weighted by Gasteiger charge is 2.20. The molecule has 0 saturated heterocycles. The Morgan fingerprint density at radius 2 is 1.24 bits per heavy atom. The number of para-hydroxylation sites is 1. The summed E-state index contributed by atoms with van der Waals surface area (Å²) in [6.07, 6.45) is 0. The van der Waals surface area contributed by atoms with Crippen LogP contribution in [0.15, 0.2) is 59.1 Å². The Hall–Kier alpha value is -2.40. The minimum Gasteiger partial charge on any atom is -0.496 e. The summed E-state index contributed by atoms with van der Waals surface area (Å²) in [5.74, 6) is -0.913. The lowest BCUT2D eigenvalue weighted by Gasteiger charge is -2.14. The predicted molar refractivity (Wildman–Crippen MR) is 98.0 cm³/mol. The molecule has 0 amide bonds. The third kappa shape index (κ3) is 3.24. The quantitative estimate of drug-likeness (QED) is 0.524. The summed E-state index contributed by atoms with van der Waals surface area (Å²) < 4.78 is 40.9. The molecule has 0 fully saturated rings. The monoisotopic (exact) mass is 404 g/mol. The summed E-state index contributed by atoms with van der Waals surface area (Å²) in [5, 5.41) is 0. The van der Waals surface area contributed by atoms with E-state index in [9.17, 15) is 8.78 Å². The fraction of sp³-hybridized carbons (Fsp3) is 0.100. The molecule has 0 unspecified atom stereocenters. The van der Waals surface area contributed by atoms with E-state index in [4.69, 9.17) is 9.47 Å². The number of ether oxygens (including phenoxy) is 2. The van der Waals surface area contributed by atoms with E-state index >= 15 is 0 Å². The van der Waals surface area contributed by atoms with Crippen molar-refractivity contribution in [2.24, 2.45) is 0 Å². The Morgan fingerprint density at radius 3 is 1.88 bits per heavy atom. The van der Waals surface area contributed by atoms with Crippen LogP contribution in [0.1, 0.15) is 0 Å². The van der Waals surface area contributed by atoms with Crippen molar-refractivity contribution in [3.8, 4) is 33.8 Å². The molecule has 0 saturated carbocycles. The highest BCUT2D eigenvalue weighted by molar-refractivity contribution is 9.10. The molecule has 3 rings (SSSR count). The maximum Gasteiger partial charge on any atom is 0.167 e. The molecule has 3 aromatic rings. The number of hydrogen-bond acceptors (Lipinski definition) is 2. The van der Waals surface area contributed by atoms with E-state index in [0.29, 0.717) is 22.6 Å². The van der Waals surface area contributed by atoms with Gasteiger partial charge in [-0.25, -0.2) is 8.78 Å². The zero-order valence-electron chi connectivity index (χ0n) is 13.6. The molecule has 3 aromatic carbocycles. The highest BCUT2D eigenvalue weighted by Crippen LogP contribution is 2.39. The molecule has 0 aliphatic carbocycles. The molecule has 128 valence electrons. The van der Waals surface area contributed by atoms with E-state index in [0.717, 1.165) is 4.47 Å². The second-order valence-corrected chi connectivity index (χ2v) is 6.25. The van der Waals surface area contributed by atoms with Gasteiger partial charge in [-0.3, -0.25) is 0 Å². The van der Waals surface area contributed by atoms with Crippen LogP contribution in [-0.2, 0) is 0 Å². The van der Waals surface area contributed by atoms with Gasteiger partial charge in [-0.05, 0) is 24.3 Å². The Balaban J connectivity index is 2.19. The number of halogens is 3. The molecule has 5 heteroatoms. The minimum absolute atomic E-state index is 0.134. The molecule has 0 aromatic heterocycles. The molecule has 0 aliphatic rings. The van der Waals surface area contributed by atoms with Crippen LogP contribution in [0.2, 0.25) is 0 Å². The van der Waals surface area contributed by atoms with Crippen molar-refractivity contribution in [3.05, 3.63) is 70.7 Å². The van der Waals surface area contributed by atoms with E-state index in [2.05, 4.69) is 15.9 Å². The van der Waals surface area contributed by atoms with Crippen LogP contribution in [-0.4, -0.2) is 14.2 Å². The molecule has 25 heavy (non-hydrogen) atoms. The lowest BCUT2D eigenvalue weighted by Crippen LogP contribution is -1.97. The number of rotatable bonds is 4. The summed E-state index contributed by atoms with van der Waals surface area (Å²) in [7, 11) is 2.98. The van der Waals surface area contributed by atoms with Crippen molar-refractivity contribution in [2.45, 2.75) is 0 Å². The summed E-state index contributed by atoms with van der Waals surface area (Å²) in [6.45, 7) is 0. The van der Waals surface area contributed by atoms with Gasteiger partial charge in [0.15, 0.2) is 11.6 Å². The van der Waals surface area contributed by atoms with Crippen LogP contribution in [0.5, 0.6) is 11.5 Å². The molecular weight excluding hydrogens is 390 g/mol. The van der Waals surface area contributed by atoms with Crippen LogP contribution in [0.3, 0.4) is 0 Å². The van der Waals surface area contributed by atoms with E-state index in [1.54, 1.807) is 54.6 Å². The Morgan fingerprint density at radius 1 is 0.680 bits per heavy atom. The maximum absolute atomic E-state index is 14.8. The lowest BCUT2D eigenvalue weighted by atomic mass is 9.98. The molecule has 0 spiro atoms. The van der Waals surface area contributed by atoms with Gasteiger partial charge in [0.2, 0.25) is 0 Å². The second-order valence-electron chi connectivity index (χ2n) is 5.33. The van der Waals surface area contributed by atoms with E-state index in [1.807, 2.05) is 0 Å². The van der Waals surface area contributed by atoms with Crippen molar-refractivity contribution in [1.82, 2.24) is 0 Å². The maximum atomic E-state index is 14.8. The largest absolute Gasteiger partial charge is 0.496 e. The van der Waals surface area contributed by atoms with Gasteiger partial charge in [0.1, 0.15) is 11.5 Å². The molecule has 0 N–H and O–H groups in total. The summed E-state index contributed by atoms with van der Waals surface area (Å²) in [5.41, 5.74) is 1.25. The first kappa shape index (κ1) is 17.4. The van der Waals surface area contributed by atoms with Gasteiger partial charge in [-0.1, -0.05) is 46.3 Å². The molecular formula is C20H15BrF2O2. The Kier molecular flexibility index (Phi) is 5.04. The predicted octanol–water partition coefficient (Wildman–Crippen LogP) is 6.08. The molecule has 0 heterocycles. The first-order valence-electron chi connectivity index (χ1n) is 7.52. The molecule has 0 atom stereocenters. The Bertz CT molecular complexity index is 926. The van der Waals surface area contributed by atoms with Crippen molar-refractivity contribution < 1.29 is 18.3 Å². The van der Waals surface area contributed by atoms with Crippen LogP contribution >= 0.6 is 15.9 Å². The van der Waals surface area contributed by atoms with Crippen molar-refractivity contribution in [3.63, 3.8) is 0 Å². The lowest BCUT2D eigenvalue weighted by molar-refractivity contribution is 0.415. The molecule has 0 radical (unpaired) electrons. The Labute approximate surface area is 153 Å². The van der Waals surface area contributed by atoms with E-state index in [1.165, 1.54) is 14.2 Å². The smallest absolute Gasteiger partial charge is 0.167 e. The van der Waals surface area contributed by atoms with Gasteiger partial charge in [-0.15, -0.1) is 0 Å². The zero-order chi connectivity index (χ0) is 18.0. The summed E-state index contributed by atoms with van der Waals surface area (Å²) in [6, 6.07) is 15.2. The van der Waals surface area contributed by atoms with Gasteiger partial charge in [0.25, 0.3) is 0 Å². The van der Waals surface area contributed by atoms with Gasteiger partial charge < -0.3 is 9.47 Å². The van der Waals surface area contributed by atoms with Gasteiger partial charge in [0.05, 0.1) is 14.2 Å². The normalized spacial score (nSPS) is 10.6. The first-order chi connectivity index (χ1) is 12.1. The topological polar surface area (TPSA) is 18.5 Å². The molecule has 2 nitrogen and oxygen atoms in total. The third-order valence-electron chi connectivity index (χ3n) is 3.93. The van der Waals surface area contributed by atoms with Gasteiger partial charge >= 0.3 is 0 Å². The van der Waals surface area contributed by atoms with Crippen LogP contribution in [0.4, 0.5) is 8.78 Å². The number of hydrogen-bond donors (Lipinski definition) is 0. The van der Waals surface area contributed by atoms with E-state index < -0.39 is 11.6 Å². The highest BCUT2D eigenvalue weighted by atomic mass is 79.9. The standard InChI is InChI=1S/C20H15BrF2O2/c1-24-17-6-4-3-5-13(17)14-8-9-15(20(23)19(14)22)16-11-12(21)7-10-18(16)25-2/h3-11H,1-2H3. The first-order valence-corrected chi connectivity index (χ1v) is 8.31.